The number of primary amides is 3. The van der Waals surface area contributed by atoms with Gasteiger partial charge in [-0.3, -0.25) is 67.1 Å². The van der Waals surface area contributed by atoms with E-state index in [9.17, 15) is 77.6 Å². The number of carbonyl (C=O) groups is 15. The number of aliphatic hydroxyl groups is 2. The van der Waals surface area contributed by atoms with Gasteiger partial charge in [0.05, 0.1) is 38.2 Å². The molecule has 1 aromatic carbocycles. The number of ether oxygens (including phenoxy) is 3. The van der Waals surface area contributed by atoms with Gasteiger partial charge in [-0.05, 0) is 82.4 Å². The topological polar surface area (TPSA) is 563 Å². The van der Waals surface area contributed by atoms with Gasteiger partial charge in [0.1, 0.15) is 78.4 Å². The summed E-state index contributed by atoms with van der Waals surface area (Å²) in [6, 6.07) is -14.2. The summed E-state index contributed by atoms with van der Waals surface area (Å²) in [6.45, 7) is 12.9. The molecule has 0 aliphatic carbocycles. The van der Waals surface area contributed by atoms with Crippen molar-refractivity contribution < 1.29 is 101 Å². The van der Waals surface area contributed by atoms with Crippen LogP contribution in [0, 0.1) is 23.7 Å². The number of carbonyl (C=O) groups excluding carboxylic acids is 15. The maximum absolute atomic E-state index is 15.0. The molecule has 0 aromatic heterocycles. The summed E-state index contributed by atoms with van der Waals surface area (Å²) in [7, 11) is 4.65. The average molecular weight is 1430 g/mol. The molecule has 1 unspecified atom stereocenters. The number of hydrogen-bond acceptors (Lipinski definition) is 22. The molecule has 36 nitrogen and oxygen atoms in total. The molecule has 20 N–H and O–H groups in total. The van der Waals surface area contributed by atoms with Crippen LogP contribution in [0.1, 0.15) is 126 Å². The van der Waals surface area contributed by atoms with E-state index in [2.05, 4.69) is 47.9 Å². The highest BCUT2D eigenvalue weighted by Gasteiger charge is 2.44. The van der Waals surface area contributed by atoms with Gasteiger partial charge in [0.15, 0.2) is 0 Å². The van der Waals surface area contributed by atoms with E-state index in [1.165, 1.54) is 72.2 Å². The van der Waals surface area contributed by atoms with Crippen LogP contribution in [0.2, 0.25) is 0 Å². The van der Waals surface area contributed by atoms with E-state index in [1.807, 2.05) is 13.8 Å². The molecule has 18 atom stereocenters. The lowest BCUT2D eigenvalue weighted by atomic mass is 9.87. The van der Waals surface area contributed by atoms with Crippen LogP contribution in [0.5, 0.6) is 5.75 Å². The van der Waals surface area contributed by atoms with Gasteiger partial charge in [0.2, 0.25) is 82.7 Å². The third kappa shape index (κ3) is 27.9. The van der Waals surface area contributed by atoms with E-state index in [1.54, 1.807) is 19.9 Å². The van der Waals surface area contributed by atoms with E-state index >= 15 is 9.59 Å². The zero-order chi connectivity index (χ0) is 77.0. The molecular formula is C65H105N15O21. The zero-order valence-corrected chi connectivity index (χ0v) is 59.7. The van der Waals surface area contributed by atoms with E-state index < -0.39 is 230 Å². The maximum Gasteiger partial charge on any atom is 0.328 e. The van der Waals surface area contributed by atoms with Crippen LogP contribution in [0.25, 0.3) is 0 Å². The van der Waals surface area contributed by atoms with Crippen molar-refractivity contribution in [3.8, 4) is 5.75 Å². The van der Waals surface area contributed by atoms with Crippen molar-refractivity contribution >= 4 is 88.7 Å². The van der Waals surface area contributed by atoms with Crippen LogP contribution in [-0.4, -0.2) is 240 Å². The number of esters is 1. The largest absolute Gasteiger partial charge is 0.508 e. The molecule has 1 fully saturated rings. The van der Waals surface area contributed by atoms with Crippen molar-refractivity contribution in [2.75, 3.05) is 41.5 Å². The van der Waals surface area contributed by atoms with Gasteiger partial charge in [0.25, 0.3) is 0 Å². The number of benzene rings is 1. The van der Waals surface area contributed by atoms with Gasteiger partial charge in [-0.1, -0.05) is 72.2 Å². The highest BCUT2D eigenvalue weighted by atomic mass is 16.5. The summed E-state index contributed by atoms with van der Waals surface area (Å²) >= 11 is 0. The Morgan fingerprint density at radius 2 is 1.31 bits per heavy atom. The van der Waals surface area contributed by atoms with Crippen molar-refractivity contribution in [2.24, 2.45) is 46.6 Å². The van der Waals surface area contributed by atoms with Crippen LogP contribution >= 0.6 is 0 Å². The van der Waals surface area contributed by atoms with Crippen LogP contribution < -0.4 is 70.8 Å². The minimum Gasteiger partial charge on any atom is -0.508 e. The molecule has 1 aromatic rings. The second-order valence-electron chi connectivity index (χ2n) is 25.8. The first kappa shape index (κ1) is 87.7. The lowest BCUT2D eigenvalue weighted by Gasteiger charge is -2.36. The summed E-state index contributed by atoms with van der Waals surface area (Å²) < 4.78 is 16.8. The highest BCUT2D eigenvalue weighted by molar-refractivity contribution is 6.00. The number of phenolic OH excluding ortho intramolecular Hbond substituents is 1. The molecule has 2 rings (SSSR count). The first-order chi connectivity index (χ1) is 47.1. The molecule has 1 aliphatic heterocycles. The third-order valence-electron chi connectivity index (χ3n) is 16.8. The number of allylic oxidation sites excluding steroid dienone is 1. The number of cyclic esters (lactones) is 1. The Balaban J connectivity index is 2.85. The Labute approximate surface area is 586 Å². The first-order valence-corrected chi connectivity index (χ1v) is 33.0. The van der Waals surface area contributed by atoms with Crippen molar-refractivity contribution in [3.63, 3.8) is 0 Å². The maximum atomic E-state index is 15.0. The van der Waals surface area contributed by atoms with Gasteiger partial charge in [-0.2, -0.15) is 0 Å². The molecule has 0 bridgehead atoms. The molecule has 1 aliphatic rings. The first-order valence-electron chi connectivity index (χ1n) is 33.0. The van der Waals surface area contributed by atoms with Crippen LogP contribution in [-0.2, 0) is 86.1 Å². The molecule has 0 radical (unpaired) electrons. The Bertz CT molecular complexity index is 3100. The number of nitrogens with one attached hydrogen (secondary N) is 9. The Morgan fingerprint density at radius 3 is 1.84 bits per heavy atom. The Hall–Kier alpha value is -9.39. The fourth-order valence-electron chi connectivity index (χ4n) is 10.6. The van der Waals surface area contributed by atoms with E-state index in [0.717, 1.165) is 50.6 Å². The van der Waals surface area contributed by atoms with Gasteiger partial charge in [-0.15, -0.1) is 0 Å². The number of aromatic hydroxyl groups is 1. The monoisotopic (exact) mass is 1430 g/mol. The Kier molecular flexibility index (Phi) is 36.5. The standard InChI is InChI=1S/C65H105N15O21/c1-15-16-31(4)17-20-40(83)26-47(86)71-41(27-46(68)85)57(90)76-51(36(9)81)61(94)75-50(34(7)66)60(93)74-49(32(5)33(6)55(69)88)59(92)77-52-37(10)101-65(98)35(8)79(11)64(97)53(54(100-14)38-18-21-39(82)22-19-38)78-58(91)44(23-24-45(67)84)80(12)63(96)42(25-30(2)3)72-48(87)28-70-56(89)43(29-99-13)73-62(52)95/h17-22,30-37,40-44,49-54,81-83H,15-16,23-29,66H2,1-14H3,(H2,67,84)(H2,68,85)(H2,69,88)(H,70,89)(H,71,86)(H,72,87)(H,73,95)(H,74,93)(H,75,94)(H,76,90)(H,77,92)(H,78,91)/b20-17-/t31-,32-,33+,34+,35-,36+,37+,40+,41+,42-,43-,44-,49-,50-,51-,52-,53?,54+/m0/s1. The van der Waals surface area contributed by atoms with Crippen LogP contribution in [0.15, 0.2) is 36.4 Å². The van der Waals surface area contributed by atoms with E-state index in [4.69, 9.17) is 37.1 Å². The van der Waals surface area contributed by atoms with Crippen molar-refractivity contribution in [2.45, 2.75) is 205 Å². The fraction of sp³-hybridized carbons (Fsp3) is 0.646. The normalized spacial score (nSPS) is 22.8. The molecule has 36 heteroatoms. The summed E-state index contributed by atoms with van der Waals surface area (Å²) in [5, 5.41) is 52.9. The zero-order valence-electron chi connectivity index (χ0n) is 59.7. The lowest BCUT2D eigenvalue weighted by molar-refractivity contribution is -0.161. The average Bonchev–Trinajstić information content (AvgIpc) is 0.819. The van der Waals surface area contributed by atoms with Crippen molar-refractivity contribution in [1.82, 2.24) is 57.7 Å². The van der Waals surface area contributed by atoms with E-state index in [0.29, 0.717) is 0 Å². The number of hydrogen-bond donors (Lipinski definition) is 16. The molecule has 14 amide bonds. The molecule has 0 saturated carbocycles. The van der Waals surface area contributed by atoms with Gasteiger partial charge < -0.3 is 110 Å². The number of nitrogens with two attached hydrogens (primary N) is 4. The minimum absolute atomic E-state index is 0.0508. The minimum atomic E-state index is -2.15. The van der Waals surface area contributed by atoms with Crippen LogP contribution in [0.4, 0.5) is 0 Å². The molecule has 0 spiro atoms. The highest BCUT2D eigenvalue weighted by Crippen LogP contribution is 2.26. The second-order valence-corrected chi connectivity index (χ2v) is 25.8. The number of phenols is 1. The third-order valence-corrected chi connectivity index (χ3v) is 16.8. The molecular weight excluding hydrogens is 1330 g/mol. The number of likely N-dealkylation sites (N-methyl/N-ethyl adjacent to an activating group) is 2. The summed E-state index contributed by atoms with van der Waals surface area (Å²) in [6.07, 6.45) is -3.96. The van der Waals surface area contributed by atoms with Gasteiger partial charge in [0, 0.05) is 46.7 Å². The number of aliphatic hydroxyl groups excluding tert-OH is 2. The lowest BCUT2D eigenvalue weighted by Crippen LogP contribution is -2.66. The summed E-state index contributed by atoms with van der Waals surface area (Å²) in [5.41, 5.74) is 23.1. The summed E-state index contributed by atoms with van der Waals surface area (Å²) in [4.78, 5) is 211. The molecule has 566 valence electrons. The number of nitrogens with zero attached hydrogens (tertiary/aromatic N) is 2. The Morgan fingerprint density at radius 1 is 0.713 bits per heavy atom. The number of amides is 14. The van der Waals surface area contributed by atoms with Gasteiger partial charge in [-0.25, -0.2) is 4.79 Å². The second kappa shape index (κ2) is 42.0. The molecule has 101 heavy (non-hydrogen) atoms. The summed E-state index contributed by atoms with van der Waals surface area (Å²) in [5.74, 6) is -19.8. The van der Waals surface area contributed by atoms with E-state index in [-0.39, 0.29) is 29.6 Å². The predicted molar refractivity (Wildman–Crippen MR) is 361 cm³/mol. The quantitative estimate of drug-likeness (QED) is 0.0237. The van der Waals surface area contributed by atoms with Crippen molar-refractivity contribution in [3.05, 3.63) is 42.0 Å². The predicted octanol–water partition coefficient (Wildman–Crippen LogP) is -5.24. The number of methoxy groups -OCH3 is 2. The smallest absolute Gasteiger partial charge is 0.328 e. The SMILES string of the molecule is CCC[C@H](C)/C=C\[C@@H](O)CC(=O)N[C@H](CC(N)=O)C(=O)N[C@H](C(=O)N[C@H](C(=O)N[C@H](C(=O)N[C@@H]1C(=O)N[C@@H](COC)C(=O)NCC(=O)N[C@@H](CC(C)C)C(=O)N(C)[C@@H](CCC(N)=O)C(=O)NC([C@H](OC)c2ccc(O)cc2)C(=O)N(C)[C@@H](C)C(=O)O[C@@H]1C)[C@@H](C)[C@@H](C)C(N)=O)[C@@H](C)N)[C@@H](C)O. The fourth-order valence-corrected chi connectivity index (χ4v) is 10.6. The van der Waals surface area contributed by atoms with Gasteiger partial charge >= 0.3 is 5.97 Å². The molecule has 1 heterocycles. The van der Waals surface area contributed by atoms with Crippen molar-refractivity contribution in [1.29, 1.82) is 0 Å². The van der Waals surface area contributed by atoms with Crippen LogP contribution in [0.3, 0.4) is 0 Å². The number of rotatable bonds is 32. The molecule has 1 saturated heterocycles.